The van der Waals surface area contributed by atoms with Crippen molar-refractivity contribution in [2.24, 2.45) is 0 Å². The summed E-state index contributed by atoms with van der Waals surface area (Å²) in [5.74, 6) is -0.928. The average molecular weight is 218 g/mol. The first-order valence-corrected chi connectivity index (χ1v) is 5.22. The SMILES string of the molecule is C=Cc1ccc(C(=O)O)cc1C(=C)C.CC. The standard InChI is InChI=1S/C12H12O2.C2H6/c1-4-9-5-6-10(12(13)14)7-11(9)8(2)3;1-2/h4-7H,1-2H2,3H3,(H,13,14);1-2H3. The lowest BCUT2D eigenvalue weighted by molar-refractivity contribution is 0.0697. The van der Waals surface area contributed by atoms with E-state index in [0.29, 0.717) is 0 Å². The van der Waals surface area contributed by atoms with Gasteiger partial charge >= 0.3 is 5.97 Å². The monoisotopic (exact) mass is 218 g/mol. The maximum atomic E-state index is 10.7. The van der Waals surface area contributed by atoms with E-state index in [0.717, 1.165) is 16.7 Å². The molecule has 0 heterocycles. The predicted octanol–water partition coefficient (Wildman–Crippen LogP) is 4.09. The summed E-state index contributed by atoms with van der Waals surface area (Å²) in [4.78, 5) is 10.7. The van der Waals surface area contributed by atoms with Crippen molar-refractivity contribution >= 4 is 17.6 Å². The van der Waals surface area contributed by atoms with E-state index in [9.17, 15) is 4.79 Å². The van der Waals surface area contributed by atoms with Gasteiger partial charge in [0, 0.05) is 0 Å². The van der Waals surface area contributed by atoms with Gasteiger partial charge < -0.3 is 5.11 Å². The Morgan fingerprint density at radius 2 is 1.94 bits per heavy atom. The fourth-order valence-electron chi connectivity index (χ4n) is 1.24. The lowest BCUT2D eigenvalue weighted by atomic mass is 9.99. The zero-order chi connectivity index (χ0) is 12.7. The van der Waals surface area contributed by atoms with E-state index in [-0.39, 0.29) is 5.56 Å². The molecule has 0 radical (unpaired) electrons. The Labute approximate surface area is 96.9 Å². The molecular formula is C14H18O2. The topological polar surface area (TPSA) is 37.3 Å². The van der Waals surface area contributed by atoms with Gasteiger partial charge in [-0.3, -0.25) is 0 Å². The summed E-state index contributed by atoms with van der Waals surface area (Å²) in [6, 6.07) is 4.91. The van der Waals surface area contributed by atoms with Gasteiger partial charge in [0.05, 0.1) is 5.56 Å². The maximum absolute atomic E-state index is 10.7. The van der Waals surface area contributed by atoms with Crippen molar-refractivity contribution in [3.8, 4) is 0 Å². The molecule has 0 aliphatic rings. The molecule has 1 N–H and O–H groups in total. The second-order valence-electron chi connectivity index (χ2n) is 3.09. The van der Waals surface area contributed by atoms with E-state index >= 15 is 0 Å². The van der Waals surface area contributed by atoms with E-state index < -0.39 is 5.97 Å². The molecule has 0 unspecified atom stereocenters. The Morgan fingerprint density at radius 1 is 1.38 bits per heavy atom. The number of hydrogen-bond acceptors (Lipinski definition) is 1. The van der Waals surface area contributed by atoms with Gasteiger partial charge in [0.1, 0.15) is 0 Å². The summed E-state index contributed by atoms with van der Waals surface area (Å²) in [6.07, 6.45) is 1.69. The minimum atomic E-state index is -0.928. The Hall–Kier alpha value is -1.83. The number of benzene rings is 1. The number of carbonyl (C=O) groups is 1. The summed E-state index contributed by atoms with van der Waals surface area (Å²) >= 11 is 0. The van der Waals surface area contributed by atoms with Crippen LogP contribution in [0.2, 0.25) is 0 Å². The number of aromatic carboxylic acids is 1. The predicted molar refractivity (Wildman–Crippen MR) is 69.5 cm³/mol. The molecule has 2 heteroatoms. The van der Waals surface area contributed by atoms with Gasteiger partial charge in [0.15, 0.2) is 0 Å². The molecule has 16 heavy (non-hydrogen) atoms. The molecule has 0 atom stereocenters. The molecule has 0 aliphatic carbocycles. The summed E-state index contributed by atoms with van der Waals surface area (Å²) in [5, 5.41) is 8.80. The molecule has 1 aromatic carbocycles. The highest BCUT2D eigenvalue weighted by atomic mass is 16.4. The summed E-state index contributed by atoms with van der Waals surface area (Å²) in [5.41, 5.74) is 2.85. The van der Waals surface area contributed by atoms with Crippen LogP contribution >= 0.6 is 0 Å². The highest BCUT2D eigenvalue weighted by Gasteiger charge is 2.06. The van der Waals surface area contributed by atoms with Crippen LogP contribution < -0.4 is 0 Å². The number of allylic oxidation sites excluding steroid dienone is 1. The lowest BCUT2D eigenvalue weighted by Crippen LogP contribution is -1.98. The van der Waals surface area contributed by atoms with Crippen molar-refractivity contribution in [1.29, 1.82) is 0 Å². The molecule has 0 bridgehead atoms. The molecule has 0 aliphatic heterocycles. The Kier molecular flexibility index (Phi) is 5.86. The van der Waals surface area contributed by atoms with Crippen molar-refractivity contribution in [3.05, 3.63) is 48.0 Å². The first kappa shape index (κ1) is 14.2. The largest absolute Gasteiger partial charge is 0.478 e. The van der Waals surface area contributed by atoms with E-state index in [1.54, 1.807) is 24.3 Å². The molecule has 1 rings (SSSR count). The van der Waals surface area contributed by atoms with Crippen LogP contribution in [0, 0.1) is 0 Å². The summed E-state index contributed by atoms with van der Waals surface area (Å²) in [7, 11) is 0. The average Bonchev–Trinajstić information content (AvgIpc) is 2.30. The molecule has 1 aromatic rings. The van der Waals surface area contributed by atoms with E-state index in [2.05, 4.69) is 13.2 Å². The third-order valence-electron chi connectivity index (χ3n) is 1.98. The van der Waals surface area contributed by atoms with Crippen molar-refractivity contribution in [1.82, 2.24) is 0 Å². The second kappa shape index (κ2) is 6.62. The Balaban J connectivity index is 0.00000106. The first-order valence-electron chi connectivity index (χ1n) is 5.22. The van der Waals surface area contributed by atoms with Gasteiger partial charge in [-0.2, -0.15) is 0 Å². The van der Waals surface area contributed by atoms with E-state index in [1.165, 1.54) is 0 Å². The third-order valence-corrected chi connectivity index (χ3v) is 1.98. The van der Waals surface area contributed by atoms with E-state index in [4.69, 9.17) is 5.11 Å². The van der Waals surface area contributed by atoms with Crippen molar-refractivity contribution in [2.75, 3.05) is 0 Å². The van der Waals surface area contributed by atoms with Crippen molar-refractivity contribution in [2.45, 2.75) is 20.8 Å². The second-order valence-corrected chi connectivity index (χ2v) is 3.09. The van der Waals surface area contributed by atoms with E-state index in [1.807, 2.05) is 20.8 Å². The Bertz CT molecular complexity index is 403. The van der Waals surface area contributed by atoms with Crippen LogP contribution in [-0.4, -0.2) is 11.1 Å². The molecule has 0 saturated heterocycles. The molecule has 0 fully saturated rings. The zero-order valence-electron chi connectivity index (χ0n) is 10.1. The quantitative estimate of drug-likeness (QED) is 0.829. The first-order chi connectivity index (χ1) is 7.56. The fraction of sp³-hybridized carbons (Fsp3) is 0.214. The number of carboxylic acids is 1. The fourth-order valence-corrected chi connectivity index (χ4v) is 1.24. The van der Waals surface area contributed by atoms with Gasteiger partial charge in [-0.15, -0.1) is 0 Å². The molecule has 0 aromatic heterocycles. The number of carboxylic acid groups (broad SMARTS) is 1. The van der Waals surface area contributed by atoms with Crippen LogP contribution in [0.15, 0.2) is 31.4 Å². The lowest BCUT2D eigenvalue weighted by Gasteiger charge is -2.06. The minimum Gasteiger partial charge on any atom is -0.478 e. The normalized spacial score (nSPS) is 8.69. The number of rotatable bonds is 3. The van der Waals surface area contributed by atoms with Crippen molar-refractivity contribution < 1.29 is 9.90 Å². The van der Waals surface area contributed by atoms with Crippen LogP contribution in [0.25, 0.3) is 11.6 Å². The van der Waals surface area contributed by atoms with Crippen LogP contribution in [0.5, 0.6) is 0 Å². The molecular weight excluding hydrogens is 200 g/mol. The zero-order valence-corrected chi connectivity index (χ0v) is 10.1. The van der Waals surface area contributed by atoms with Crippen molar-refractivity contribution in [3.63, 3.8) is 0 Å². The molecule has 0 amide bonds. The van der Waals surface area contributed by atoms with Gasteiger partial charge in [-0.1, -0.05) is 44.7 Å². The highest BCUT2D eigenvalue weighted by Crippen LogP contribution is 2.20. The van der Waals surface area contributed by atoms with Gasteiger partial charge in [0.2, 0.25) is 0 Å². The summed E-state index contributed by atoms with van der Waals surface area (Å²) < 4.78 is 0. The minimum absolute atomic E-state index is 0.272. The molecule has 0 saturated carbocycles. The van der Waals surface area contributed by atoms with Crippen LogP contribution in [-0.2, 0) is 0 Å². The third kappa shape index (κ3) is 3.39. The van der Waals surface area contributed by atoms with Crippen LogP contribution in [0.3, 0.4) is 0 Å². The maximum Gasteiger partial charge on any atom is 0.335 e. The van der Waals surface area contributed by atoms with Gasteiger partial charge in [0.25, 0.3) is 0 Å². The summed E-state index contributed by atoms with van der Waals surface area (Å²) in [6.45, 7) is 13.3. The highest BCUT2D eigenvalue weighted by molar-refractivity contribution is 5.89. The molecule has 0 spiro atoms. The van der Waals surface area contributed by atoms with Crippen LogP contribution in [0.4, 0.5) is 0 Å². The van der Waals surface area contributed by atoms with Gasteiger partial charge in [-0.05, 0) is 30.2 Å². The molecule has 2 nitrogen and oxygen atoms in total. The number of hydrogen-bond donors (Lipinski definition) is 1. The smallest absolute Gasteiger partial charge is 0.335 e. The van der Waals surface area contributed by atoms with Crippen LogP contribution in [0.1, 0.15) is 42.3 Å². The molecule has 86 valence electrons. The van der Waals surface area contributed by atoms with Gasteiger partial charge in [-0.25, -0.2) is 4.79 Å². The Morgan fingerprint density at radius 3 is 2.31 bits per heavy atom.